The van der Waals surface area contributed by atoms with E-state index in [0.29, 0.717) is 0 Å². The van der Waals surface area contributed by atoms with Gasteiger partial charge in [0, 0.05) is 10.9 Å². The smallest absolute Gasteiger partial charge is 0.135 e. The molecule has 0 amide bonds. The minimum absolute atomic E-state index is 0.846. The second-order valence-corrected chi connectivity index (χ2v) is 8.50. The number of allylic oxidation sites excluding steroid dienone is 1. The number of benzene rings is 5. The molecule has 0 aliphatic carbocycles. The summed E-state index contributed by atoms with van der Waals surface area (Å²) in [6.45, 7) is 6.05. The summed E-state index contributed by atoms with van der Waals surface area (Å²) in [5.74, 6) is 0.846. The van der Waals surface area contributed by atoms with Crippen LogP contribution in [0.25, 0.3) is 66.9 Å². The Kier molecular flexibility index (Phi) is 4.89. The molecule has 0 N–H and O–H groups in total. The van der Waals surface area contributed by atoms with Crippen molar-refractivity contribution >= 4 is 44.7 Å². The molecule has 0 fully saturated rings. The minimum atomic E-state index is 0.846. The van der Waals surface area contributed by atoms with Crippen LogP contribution in [0.2, 0.25) is 0 Å². The molecule has 0 saturated heterocycles. The first-order chi connectivity index (χ1) is 16.8. The SMILES string of the molecule is C=Cc1c(/C=C\C)oc2ccc(-c3c4ccccc4c(-c4ccccc4)c4ccccc34)cc12. The predicted molar refractivity (Wildman–Crippen MR) is 147 cm³/mol. The molecule has 0 saturated carbocycles. The predicted octanol–water partition coefficient (Wildman–Crippen LogP) is 9.75. The zero-order chi connectivity index (χ0) is 23.1. The van der Waals surface area contributed by atoms with Crippen molar-refractivity contribution in [3.8, 4) is 22.3 Å². The van der Waals surface area contributed by atoms with Crippen molar-refractivity contribution in [1.82, 2.24) is 0 Å². The molecule has 162 valence electrons. The molecule has 0 aliphatic heterocycles. The van der Waals surface area contributed by atoms with Gasteiger partial charge in [0.1, 0.15) is 11.3 Å². The molecule has 0 radical (unpaired) electrons. The van der Waals surface area contributed by atoms with Gasteiger partial charge in [-0.25, -0.2) is 0 Å². The highest BCUT2D eigenvalue weighted by Gasteiger charge is 2.18. The minimum Gasteiger partial charge on any atom is -0.456 e. The van der Waals surface area contributed by atoms with E-state index in [4.69, 9.17) is 4.42 Å². The third kappa shape index (κ3) is 3.09. The molecule has 0 bridgehead atoms. The van der Waals surface area contributed by atoms with Gasteiger partial charge in [-0.3, -0.25) is 0 Å². The zero-order valence-corrected chi connectivity index (χ0v) is 19.1. The van der Waals surface area contributed by atoms with Crippen molar-refractivity contribution in [3.05, 3.63) is 121 Å². The van der Waals surface area contributed by atoms with Crippen LogP contribution in [-0.4, -0.2) is 0 Å². The Labute approximate surface area is 199 Å². The van der Waals surface area contributed by atoms with Crippen LogP contribution in [0.3, 0.4) is 0 Å². The number of furan rings is 1. The largest absolute Gasteiger partial charge is 0.456 e. The Morgan fingerprint density at radius 2 is 1.18 bits per heavy atom. The van der Waals surface area contributed by atoms with E-state index in [9.17, 15) is 0 Å². The summed E-state index contributed by atoms with van der Waals surface area (Å²) in [6.07, 6.45) is 5.88. The fourth-order valence-corrected chi connectivity index (χ4v) is 5.13. The highest BCUT2D eigenvalue weighted by Crippen LogP contribution is 2.44. The first-order valence-electron chi connectivity index (χ1n) is 11.6. The highest BCUT2D eigenvalue weighted by atomic mass is 16.3. The average Bonchev–Trinajstić information content (AvgIpc) is 3.24. The summed E-state index contributed by atoms with van der Waals surface area (Å²) in [5.41, 5.74) is 6.84. The number of hydrogen-bond acceptors (Lipinski definition) is 1. The molecule has 6 aromatic rings. The molecule has 0 aliphatic rings. The highest BCUT2D eigenvalue weighted by molar-refractivity contribution is 6.21. The Morgan fingerprint density at radius 1 is 0.618 bits per heavy atom. The summed E-state index contributed by atoms with van der Waals surface area (Å²) in [4.78, 5) is 0. The van der Waals surface area contributed by atoms with E-state index < -0.39 is 0 Å². The molecule has 6 rings (SSSR count). The van der Waals surface area contributed by atoms with E-state index >= 15 is 0 Å². The first-order valence-corrected chi connectivity index (χ1v) is 11.6. The lowest BCUT2D eigenvalue weighted by atomic mass is 9.86. The van der Waals surface area contributed by atoms with Gasteiger partial charge < -0.3 is 4.42 Å². The maximum Gasteiger partial charge on any atom is 0.135 e. The van der Waals surface area contributed by atoms with Gasteiger partial charge in [0.2, 0.25) is 0 Å². The summed E-state index contributed by atoms with van der Waals surface area (Å²) in [6, 6.07) is 34.7. The van der Waals surface area contributed by atoms with E-state index in [1.165, 1.54) is 43.8 Å². The van der Waals surface area contributed by atoms with Crippen molar-refractivity contribution in [3.63, 3.8) is 0 Å². The summed E-state index contributed by atoms with van der Waals surface area (Å²) in [7, 11) is 0. The van der Waals surface area contributed by atoms with Crippen molar-refractivity contribution in [2.24, 2.45) is 0 Å². The molecule has 34 heavy (non-hydrogen) atoms. The molecule has 0 spiro atoms. The van der Waals surface area contributed by atoms with Gasteiger partial charge >= 0.3 is 0 Å². The van der Waals surface area contributed by atoms with Crippen LogP contribution in [0, 0.1) is 0 Å². The van der Waals surface area contributed by atoms with E-state index in [1.54, 1.807) is 0 Å². The fourth-order valence-electron chi connectivity index (χ4n) is 5.13. The van der Waals surface area contributed by atoms with E-state index in [2.05, 4.69) is 104 Å². The van der Waals surface area contributed by atoms with Crippen LogP contribution in [0.15, 0.2) is 114 Å². The number of fused-ring (bicyclic) bond motifs is 3. The number of hydrogen-bond donors (Lipinski definition) is 0. The average molecular weight is 437 g/mol. The van der Waals surface area contributed by atoms with Gasteiger partial charge in [0.05, 0.1) is 0 Å². The Bertz CT molecular complexity index is 1660. The molecular weight excluding hydrogens is 412 g/mol. The second-order valence-electron chi connectivity index (χ2n) is 8.50. The lowest BCUT2D eigenvalue weighted by Gasteiger charge is -2.17. The second kappa shape index (κ2) is 8.20. The first kappa shape index (κ1) is 20.3. The van der Waals surface area contributed by atoms with Gasteiger partial charge in [-0.15, -0.1) is 0 Å². The zero-order valence-electron chi connectivity index (χ0n) is 19.1. The normalized spacial score (nSPS) is 11.7. The third-order valence-electron chi connectivity index (χ3n) is 6.56. The van der Waals surface area contributed by atoms with Crippen LogP contribution in [0.5, 0.6) is 0 Å². The number of rotatable bonds is 4. The van der Waals surface area contributed by atoms with Gasteiger partial charge in [0.15, 0.2) is 0 Å². The van der Waals surface area contributed by atoms with Gasteiger partial charge in [0.25, 0.3) is 0 Å². The van der Waals surface area contributed by atoms with Crippen LogP contribution >= 0.6 is 0 Å². The molecule has 0 unspecified atom stereocenters. The summed E-state index contributed by atoms with van der Waals surface area (Å²) < 4.78 is 6.12. The van der Waals surface area contributed by atoms with Crippen molar-refractivity contribution in [1.29, 1.82) is 0 Å². The summed E-state index contributed by atoms with van der Waals surface area (Å²) in [5, 5.41) is 6.09. The van der Waals surface area contributed by atoms with Crippen molar-refractivity contribution < 1.29 is 4.42 Å². The standard InChI is InChI=1S/C33H24O/c1-3-12-30-24(4-2)29-21-23(19-20-31(29)34-30)33-27-17-10-8-15-25(27)32(22-13-6-5-7-14-22)26-16-9-11-18-28(26)33/h3-21H,2H2,1H3/b12-3-. The molecule has 1 aromatic heterocycles. The molecule has 1 heterocycles. The Morgan fingerprint density at radius 3 is 1.74 bits per heavy atom. The van der Waals surface area contributed by atoms with Crippen LogP contribution in [-0.2, 0) is 0 Å². The van der Waals surface area contributed by atoms with Crippen LogP contribution in [0.4, 0.5) is 0 Å². The molecular formula is C33H24O. The Hall–Kier alpha value is -4.36. The fraction of sp³-hybridized carbons (Fsp3) is 0.0303. The lowest BCUT2D eigenvalue weighted by molar-refractivity contribution is 0.603. The molecule has 1 nitrogen and oxygen atoms in total. The van der Waals surface area contributed by atoms with Crippen molar-refractivity contribution in [2.45, 2.75) is 6.92 Å². The van der Waals surface area contributed by atoms with E-state index in [0.717, 1.165) is 22.3 Å². The van der Waals surface area contributed by atoms with Crippen molar-refractivity contribution in [2.75, 3.05) is 0 Å². The Balaban J connectivity index is 1.74. The topological polar surface area (TPSA) is 13.1 Å². The third-order valence-corrected chi connectivity index (χ3v) is 6.56. The quantitative estimate of drug-likeness (QED) is 0.251. The van der Waals surface area contributed by atoms with Crippen LogP contribution in [0.1, 0.15) is 18.2 Å². The molecule has 0 atom stereocenters. The van der Waals surface area contributed by atoms with Gasteiger partial charge in [-0.05, 0) is 68.9 Å². The van der Waals surface area contributed by atoms with Gasteiger partial charge in [-0.2, -0.15) is 0 Å². The monoisotopic (exact) mass is 436 g/mol. The van der Waals surface area contributed by atoms with E-state index in [1.807, 2.05) is 25.2 Å². The maximum absolute atomic E-state index is 6.12. The molecule has 5 aromatic carbocycles. The summed E-state index contributed by atoms with van der Waals surface area (Å²) >= 11 is 0. The van der Waals surface area contributed by atoms with Crippen LogP contribution < -0.4 is 0 Å². The molecule has 1 heteroatoms. The lowest BCUT2D eigenvalue weighted by Crippen LogP contribution is -1.90. The van der Waals surface area contributed by atoms with E-state index in [-0.39, 0.29) is 0 Å². The van der Waals surface area contributed by atoms with Gasteiger partial charge in [-0.1, -0.05) is 104 Å². The maximum atomic E-state index is 6.12.